The van der Waals surface area contributed by atoms with Crippen molar-refractivity contribution in [1.82, 2.24) is 30.8 Å². The van der Waals surface area contributed by atoms with Crippen LogP contribution >= 0.6 is 0 Å². The Morgan fingerprint density at radius 3 is 2.15 bits per heavy atom. The van der Waals surface area contributed by atoms with Gasteiger partial charge in [-0.15, -0.1) is 5.10 Å². The zero-order chi connectivity index (χ0) is 33.1. The van der Waals surface area contributed by atoms with E-state index >= 15 is 0 Å². The zero-order valence-electron chi connectivity index (χ0n) is 26.9. The molecule has 48 heavy (non-hydrogen) atoms. The summed E-state index contributed by atoms with van der Waals surface area (Å²) in [5.74, 6) is 0.257. The second-order valence-corrected chi connectivity index (χ2v) is 12.0. The molecule has 2 N–H and O–H groups in total. The Kier molecular flexibility index (Phi) is 11.0. The molecule has 10 heteroatoms. The Labute approximate surface area is 280 Å². The lowest BCUT2D eigenvalue weighted by Gasteiger charge is -2.30. The van der Waals surface area contributed by atoms with Crippen molar-refractivity contribution in [3.05, 3.63) is 149 Å². The second kappa shape index (κ2) is 16.1. The van der Waals surface area contributed by atoms with E-state index in [1.54, 1.807) is 0 Å². The molecule has 1 aromatic heterocycles. The Bertz CT molecular complexity index is 1720. The molecule has 1 saturated heterocycles. The number of hydrogen-bond donors (Lipinski definition) is 2. The molecule has 0 spiro atoms. The Balaban J connectivity index is 1.12. The number of aryl methyl sites for hydroxylation is 1. The van der Waals surface area contributed by atoms with E-state index in [2.05, 4.69) is 44.4 Å². The number of morpholine rings is 1. The fourth-order valence-corrected chi connectivity index (χ4v) is 6.33. The average molecular weight is 645 g/mol. The van der Waals surface area contributed by atoms with E-state index in [1.165, 1.54) is 7.11 Å². The Morgan fingerprint density at radius 2 is 1.52 bits per heavy atom. The number of ketones is 1. The molecule has 4 aromatic carbocycles. The third-order valence-corrected chi connectivity index (χ3v) is 8.81. The van der Waals surface area contributed by atoms with Crippen molar-refractivity contribution >= 4 is 11.9 Å². The summed E-state index contributed by atoms with van der Waals surface area (Å²) < 4.78 is 13.1. The van der Waals surface area contributed by atoms with Crippen molar-refractivity contribution in [2.75, 3.05) is 20.3 Å². The fourth-order valence-electron chi connectivity index (χ4n) is 6.33. The van der Waals surface area contributed by atoms with Crippen LogP contribution in [0.25, 0.3) is 0 Å². The minimum absolute atomic E-state index is 0.00209. The van der Waals surface area contributed by atoms with Gasteiger partial charge in [-0.25, -0.2) is 9.48 Å². The van der Waals surface area contributed by atoms with Crippen LogP contribution in [-0.2, 0) is 33.7 Å². The molecule has 1 aliphatic rings. The maximum atomic E-state index is 14.2. The van der Waals surface area contributed by atoms with Crippen LogP contribution in [0.2, 0.25) is 0 Å². The number of alkyl carbamates (subject to hydrolysis) is 1. The Hall–Kier alpha value is -5.19. The molecule has 246 valence electrons. The SMILES string of the molecule is COC(=O)N[C@H](C(=O)Cc1ccccc1CC[C@@H]1CN[C@H](c2nnnn2Cc2ccccc2)CO1)C(c1ccccc1)c1ccccc1. The third kappa shape index (κ3) is 8.20. The lowest BCUT2D eigenvalue weighted by molar-refractivity contribution is -0.120. The van der Waals surface area contributed by atoms with Gasteiger partial charge in [0, 0.05) is 18.9 Å². The van der Waals surface area contributed by atoms with E-state index in [0.717, 1.165) is 46.5 Å². The summed E-state index contributed by atoms with van der Waals surface area (Å²) in [5, 5.41) is 18.8. The van der Waals surface area contributed by atoms with Gasteiger partial charge in [-0.3, -0.25) is 4.79 Å². The summed E-state index contributed by atoms with van der Waals surface area (Å²) in [5.41, 5.74) is 5.00. The van der Waals surface area contributed by atoms with Crippen LogP contribution in [0.4, 0.5) is 4.79 Å². The van der Waals surface area contributed by atoms with E-state index < -0.39 is 18.1 Å². The largest absolute Gasteiger partial charge is 0.453 e. The first-order chi connectivity index (χ1) is 23.6. The number of nitrogens with one attached hydrogen (secondary N) is 2. The molecule has 1 fully saturated rings. The summed E-state index contributed by atoms with van der Waals surface area (Å²) in [6.45, 7) is 1.71. The summed E-state index contributed by atoms with van der Waals surface area (Å²) in [6.07, 6.45) is 1.03. The van der Waals surface area contributed by atoms with Gasteiger partial charge < -0.3 is 20.1 Å². The molecular weight excluding hydrogens is 604 g/mol. The number of hydrogen-bond acceptors (Lipinski definition) is 8. The van der Waals surface area contributed by atoms with E-state index in [0.29, 0.717) is 19.7 Å². The molecule has 0 unspecified atom stereocenters. The first-order valence-corrected chi connectivity index (χ1v) is 16.3. The third-order valence-electron chi connectivity index (χ3n) is 8.81. The molecule has 0 radical (unpaired) electrons. The van der Waals surface area contributed by atoms with Gasteiger partial charge in [0.1, 0.15) is 6.04 Å². The molecule has 2 heterocycles. The molecule has 5 aromatic rings. The van der Waals surface area contributed by atoms with Crippen LogP contribution < -0.4 is 10.6 Å². The quantitative estimate of drug-likeness (QED) is 0.183. The first kappa shape index (κ1) is 32.7. The fraction of sp³-hybridized carbons (Fsp3) is 0.289. The van der Waals surface area contributed by atoms with Gasteiger partial charge in [-0.05, 0) is 51.1 Å². The van der Waals surface area contributed by atoms with Crippen LogP contribution in [0.3, 0.4) is 0 Å². The van der Waals surface area contributed by atoms with Gasteiger partial charge >= 0.3 is 6.09 Å². The van der Waals surface area contributed by atoms with Crippen molar-refractivity contribution < 1.29 is 19.1 Å². The number of carbonyl (C=O) groups excluding carboxylic acids is 2. The topological polar surface area (TPSA) is 120 Å². The number of aromatic nitrogens is 4. The highest BCUT2D eigenvalue weighted by atomic mass is 16.5. The van der Waals surface area contributed by atoms with Crippen LogP contribution in [-0.4, -0.2) is 64.5 Å². The van der Waals surface area contributed by atoms with Gasteiger partial charge in [0.15, 0.2) is 11.6 Å². The lowest BCUT2D eigenvalue weighted by atomic mass is 9.81. The highest BCUT2D eigenvalue weighted by Gasteiger charge is 2.33. The van der Waals surface area contributed by atoms with Gasteiger partial charge in [-0.2, -0.15) is 0 Å². The van der Waals surface area contributed by atoms with Crippen LogP contribution in [0, 0.1) is 0 Å². The highest BCUT2D eigenvalue weighted by molar-refractivity contribution is 5.90. The number of rotatable bonds is 13. The van der Waals surface area contributed by atoms with Crippen molar-refractivity contribution in [2.24, 2.45) is 0 Å². The monoisotopic (exact) mass is 644 g/mol. The second-order valence-electron chi connectivity index (χ2n) is 12.0. The predicted octanol–water partition coefficient (Wildman–Crippen LogP) is 5.05. The molecule has 1 aliphatic heterocycles. The number of Topliss-reactive ketones (excluding diaryl/α,β-unsaturated/α-hetero) is 1. The predicted molar refractivity (Wildman–Crippen MR) is 181 cm³/mol. The number of methoxy groups -OCH3 is 1. The number of tetrazole rings is 1. The van der Waals surface area contributed by atoms with Gasteiger partial charge in [0.05, 0.1) is 32.4 Å². The summed E-state index contributed by atoms with van der Waals surface area (Å²) in [6, 6.07) is 36.7. The summed E-state index contributed by atoms with van der Waals surface area (Å²) in [4.78, 5) is 26.8. The van der Waals surface area contributed by atoms with Crippen molar-refractivity contribution in [3.63, 3.8) is 0 Å². The smallest absolute Gasteiger partial charge is 0.407 e. The van der Waals surface area contributed by atoms with Gasteiger partial charge in [0.25, 0.3) is 0 Å². The van der Waals surface area contributed by atoms with Crippen LogP contribution in [0.5, 0.6) is 0 Å². The maximum absolute atomic E-state index is 14.2. The van der Waals surface area contributed by atoms with Gasteiger partial charge in [0.2, 0.25) is 0 Å². The van der Waals surface area contributed by atoms with Crippen LogP contribution in [0.1, 0.15) is 52.0 Å². The molecule has 0 aliphatic carbocycles. The molecule has 6 rings (SSSR count). The maximum Gasteiger partial charge on any atom is 0.407 e. The van der Waals surface area contributed by atoms with E-state index in [9.17, 15) is 9.59 Å². The number of carbonyl (C=O) groups is 2. The normalized spacial score (nSPS) is 16.7. The number of nitrogens with zero attached hydrogens (tertiary/aromatic N) is 4. The van der Waals surface area contributed by atoms with Crippen molar-refractivity contribution in [3.8, 4) is 0 Å². The van der Waals surface area contributed by atoms with E-state index in [-0.39, 0.29) is 24.3 Å². The van der Waals surface area contributed by atoms with Gasteiger partial charge in [-0.1, -0.05) is 115 Å². The average Bonchev–Trinajstić information content (AvgIpc) is 3.60. The van der Waals surface area contributed by atoms with E-state index in [1.807, 2.05) is 102 Å². The van der Waals surface area contributed by atoms with Crippen molar-refractivity contribution in [2.45, 2.75) is 49.9 Å². The number of ether oxygens (including phenoxy) is 2. The number of benzene rings is 4. The Morgan fingerprint density at radius 1 is 0.896 bits per heavy atom. The standard InChI is InChI=1S/C38H40N6O4/c1-47-38(46)40-36(35(29-16-7-3-8-17-29)30-18-9-4-10-19-30)34(45)23-31-20-12-11-15-28(31)21-22-32-24-39-33(26-48-32)37-41-42-43-44(37)25-27-13-5-2-6-14-27/h2-20,32-33,35-36,39H,21-26H2,1H3,(H,40,46)/t32-,33+,36-/m1/s1. The summed E-state index contributed by atoms with van der Waals surface area (Å²) >= 11 is 0. The summed E-state index contributed by atoms with van der Waals surface area (Å²) in [7, 11) is 1.31. The minimum atomic E-state index is -0.837. The molecule has 0 bridgehead atoms. The lowest BCUT2D eigenvalue weighted by Crippen LogP contribution is -2.46. The molecule has 3 atom stereocenters. The minimum Gasteiger partial charge on any atom is -0.453 e. The molecule has 1 amide bonds. The first-order valence-electron chi connectivity index (χ1n) is 16.3. The molecule has 10 nitrogen and oxygen atoms in total. The molecular formula is C38H40N6O4. The highest BCUT2D eigenvalue weighted by Crippen LogP contribution is 2.30. The number of amides is 1. The molecule has 0 saturated carbocycles. The van der Waals surface area contributed by atoms with Crippen LogP contribution in [0.15, 0.2) is 115 Å². The van der Waals surface area contributed by atoms with Crippen molar-refractivity contribution in [1.29, 1.82) is 0 Å². The zero-order valence-corrected chi connectivity index (χ0v) is 26.9. The van der Waals surface area contributed by atoms with E-state index in [4.69, 9.17) is 9.47 Å².